The van der Waals surface area contributed by atoms with Crippen LogP contribution in [-0.4, -0.2) is 27.4 Å². The van der Waals surface area contributed by atoms with Gasteiger partial charge < -0.3 is 14.6 Å². The molecule has 1 fully saturated rings. The summed E-state index contributed by atoms with van der Waals surface area (Å²) in [6.07, 6.45) is -0.744. The molecule has 64 valence electrons. The second-order valence-electron chi connectivity index (χ2n) is 2.16. The fourth-order valence-corrected chi connectivity index (χ4v) is 1.62. The number of epoxide rings is 1. The summed E-state index contributed by atoms with van der Waals surface area (Å²) in [5.41, 5.74) is 0. The maximum Gasteiger partial charge on any atom is 0.507 e. The van der Waals surface area contributed by atoms with E-state index < -0.39 is 9.57 Å². The van der Waals surface area contributed by atoms with E-state index in [0.717, 1.165) is 0 Å². The number of rotatable bonds is 3. The van der Waals surface area contributed by atoms with Crippen molar-refractivity contribution in [3.05, 3.63) is 0 Å². The highest BCUT2D eigenvalue weighted by Crippen LogP contribution is 2.36. The Bertz CT molecular complexity index is 166. The van der Waals surface area contributed by atoms with Crippen LogP contribution in [0.25, 0.3) is 0 Å². The van der Waals surface area contributed by atoms with Crippen LogP contribution in [0.5, 0.6) is 0 Å². The van der Waals surface area contributed by atoms with Crippen molar-refractivity contribution in [1.82, 2.24) is 0 Å². The van der Waals surface area contributed by atoms with Gasteiger partial charge in [0.15, 0.2) is 0 Å². The molecule has 6 heteroatoms. The van der Waals surface area contributed by atoms with E-state index in [1.54, 1.807) is 0 Å². The number of alkyl halides is 2. The van der Waals surface area contributed by atoms with Crippen LogP contribution in [-0.2, 0) is 9.47 Å². The molecule has 1 atom stereocenters. The fraction of sp³-hybridized carbons (Fsp3) is 0.800. The van der Waals surface area contributed by atoms with Crippen LogP contribution in [0.15, 0.2) is 0 Å². The van der Waals surface area contributed by atoms with Crippen molar-refractivity contribution in [3.63, 3.8) is 0 Å². The molecule has 0 aromatic heterocycles. The summed E-state index contributed by atoms with van der Waals surface area (Å²) in [6.45, 7) is 0.669. The highest BCUT2D eigenvalue weighted by molar-refractivity contribution is 9.25. The molecule has 0 saturated carbocycles. The molecule has 0 aromatic carbocycles. The molecule has 4 nitrogen and oxygen atoms in total. The van der Waals surface area contributed by atoms with Crippen molar-refractivity contribution in [2.24, 2.45) is 0 Å². The van der Waals surface area contributed by atoms with Crippen LogP contribution in [0.4, 0.5) is 4.79 Å². The predicted octanol–water partition coefficient (Wildman–Crippen LogP) is 1.91. The van der Waals surface area contributed by atoms with Crippen molar-refractivity contribution >= 4 is 38.0 Å². The quantitative estimate of drug-likeness (QED) is 0.490. The molecule has 0 bridgehead atoms. The average Bonchev–Trinajstić information content (AvgIpc) is 2.43. The molecule has 1 rings (SSSR count). The first-order valence-electron chi connectivity index (χ1n) is 2.91. The highest BCUT2D eigenvalue weighted by Gasteiger charge is 2.37. The van der Waals surface area contributed by atoms with E-state index in [2.05, 4.69) is 36.6 Å². The third-order valence-electron chi connectivity index (χ3n) is 1.10. The minimum atomic E-state index is -1.32. The van der Waals surface area contributed by atoms with Gasteiger partial charge in [0.05, 0.1) is 12.7 Å². The van der Waals surface area contributed by atoms with E-state index in [0.29, 0.717) is 13.0 Å². The van der Waals surface area contributed by atoms with Crippen LogP contribution >= 0.6 is 31.9 Å². The fourth-order valence-electron chi connectivity index (χ4n) is 0.620. The Morgan fingerprint density at radius 3 is 2.73 bits per heavy atom. The molecule has 1 aliphatic heterocycles. The smallest absolute Gasteiger partial charge is 0.450 e. The maximum atomic E-state index is 10.1. The Kier molecular flexibility index (Phi) is 2.77. The van der Waals surface area contributed by atoms with Crippen LogP contribution in [0.3, 0.4) is 0 Å². The maximum absolute atomic E-state index is 10.1. The van der Waals surface area contributed by atoms with Crippen LogP contribution < -0.4 is 0 Å². The Morgan fingerprint density at radius 2 is 2.36 bits per heavy atom. The number of hydrogen-bond acceptors (Lipinski definition) is 3. The molecule has 1 N–H and O–H groups in total. The van der Waals surface area contributed by atoms with Gasteiger partial charge in [0.2, 0.25) is 3.42 Å². The summed E-state index contributed by atoms with van der Waals surface area (Å²) in [6, 6.07) is 0. The first-order valence-corrected chi connectivity index (χ1v) is 4.49. The second-order valence-corrected chi connectivity index (χ2v) is 5.79. The lowest BCUT2D eigenvalue weighted by molar-refractivity contribution is 0.0706. The van der Waals surface area contributed by atoms with Gasteiger partial charge in [0.1, 0.15) is 0 Å². The normalized spacial score (nSPS) is 22.9. The number of carboxylic acid groups (broad SMARTS) is 1. The van der Waals surface area contributed by atoms with Gasteiger partial charge in [-0.2, -0.15) is 0 Å². The number of ether oxygens (including phenoxy) is 2. The SMILES string of the molecule is O=C(O)OC(Br)(Br)CC1CO1. The predicted molar refractivity (Wildman–Crippen MR) is 44.1 cm³/mol. The first kappa shape index (κ1) is 9.28. The average molecular weight is 290 g/mol. The Morgan fingerprint density at radius 1 is 1.82 bits per heavy atom. The molecular weight excluding hydrogens is 284 g/mol. The van der Waals surface area contributed by atoms with E-state index in [-0.39, 0.29) is 6.10 Å². The van der Waals surface area contributed by atoms with Crippen LogP contribution in [0.1, 0.15) is 6.42 Å². The van der Waals surface area contributed by atoms with Crippen LogP contribution in [0.2, 0.25) is 0 Å². The lowest BCUT2D eigenvalue weighted by Gasteiger charge is -2.16. The summed E-state index contributed by atoms with van der Waals surface area (Å²) >= 11 is 6.11. The van der Waals surface area contributed by atoms with Gasteiger partial charge in [-0.15, -0.1) is 0 Å². The van der Waals surface area contributed by atoms with Gasteiger partial charge in [-0.05, 0) is 31.9 Å². The molecule has 0 aromatic rings. The van der Waals surface area contributed by atoms with Gasteiger partial charge in [0, 0.05) is 6.42 Å². The van der Waals surface area contributed by atoms with E-state index >= 15 is 0 Å². The summed E-state index contributed by atoms with van der Waals surface area (Å²) in [5.74, 6) is 0. The Balaban J connectivity index is 2.30. The molecule has 0 radical (unpaired) electrons. The van der Waals surface area contributed by atoms with E-state index in [4.69, 9.17) is 9.84 Å². The minimum Gasteiger partial charge on any atom is -0.450 e. The Labute approximate surface area is 80.1 Å². The number of carbonyl (C=O) groups is 1. The zero-order chi connectivity index (χ0) is 8.48. The summed E-state index contributed by atoms with van der Waals surface area (Å²) < 4.78 is 8.36. The molecule has 1 heterocycles. The van der Waals surface area contributed by atoms with Crippen molar-refractivity contribution in [1.29, 1.82) is 0 Å². The molecule has 11 heavy (non-hydrogen) atoms. The molecule has 0 aliphatic carbocycles. The molecule has 0 spiro atoms. The van der Waals surface area contributed by atoms with Gasteiger partial charge in [-0.3, -0.25) is 0 Å². The standard InChI is InChI=1S/C5H6Br2O4/c6-5(7,11-4(8)9)1-3-2-10-3/h3H,1-2H2,(H,8,9). The van der Waals surface area contributed by atoms with E-state index in [1.807, 2.05) is 0 Å². The number of halogens is 2. The highest BCUT2D eigenvalue weighted by atomic mass is 79.9. The zero-order valence-corrected chi connectivity index (χ0v) is 8.59. The topological polar surface area (TPSA) is 59.1 Å². The second kappa shape index (κ2) is 3.28. The Hall–Kier alpha value is 0.190. The zero-order valence-electron chi connectivity index (χ0n) is 5.42. The van der Waals surface area contributed by atoms with Crippen LogP contribution in [0, 0.1) is 0 Å². The van der Waals surface area contributed by atoms with E-state index in [1.165, 1.54) is 0 Å². The third kappa shape index (κ3) is 3.93. The van der Waals surface area contributed by atoms with Crippen molar-refractivity contribution in [3.8, 4) is 0 Å². The molecule has 0 amide bonds. The summed E-state index contributed by atoms with van der Waals surface area (Å²) in [4.78, 5) is 10.1. The van der Waals surface area contributed by atoms with Gasteiger partial charge in [-0.1, -0.05) is 0 Å². The monoisotopic (exact) mass is 288 g/mol. The summed E-state index contributed by atoms with van der Waals surface area (Å²) in [7, 11) is 0. The third-order valence-corrected chi connectivity index (χ3v) is 2.08. The molecular formula is C5H6Br2O4. The van der Waals surface area contributed by atoms with Gasteiger partial charge in [-0.25, -0.2) is 4.79 Å². The number of hydrogen-bond donors (Lipinski definition) is 1. The first-order chi connectivity index (χ1) is 4.99. The molecule has 1 aliphatic rings. The van der Waals surface area contributed by atoms with Gasteiger partial charge in [0.25, 0.3) is 0 Å². The van der Waals surface area contributed by atoms with Gasteiger partial charge >= 0.3 is 6.16 Å². The lowest BCUT2D eigenvalue weighted by Crippen LogP contribution is -2.22. The van der Waals surface area contributed by atoms with E-state index in [9.17, 15) is 4.79 Å². The van der Waals surface area contributed by atoms with Crippen molar-refractivity contribution in [2.75, 3.05) is 6.61 Å². The van der Waals surface area contributed by atoms with Crippen molar-refractivity contribution in [2.45, 2.75) is 15.9 Å². The molecule has 1 saturated heterocycles. The van der Waals surface area contributed by atoms with Crippen molar-refractivity contribution < 1.29 is 19.4 Å². The summed E-state index contributed by atoms with van der Waals surface area (Å²) in [5, 5.41) is 8.26. The minimum absolute atomic E-state index is 0.105. The largest absolute Gasteiger partial charge is 0.507 e. The molecule has 1 unspecified atom stereocenters. The lowest BCUT2D eigenvalue weighted by atomic mass is 10.3.